The summed E-state index contributed by atoms with van der Waals surface area (Å²) in [6.07, 6.45) is 0.591. The fourth-order valence-electron chi connectivity index (χ4n) is 3.05. The van der Waals surface area contributed by atoms with Crippen molar-refractivity contribution in [1.29, 1.82) is 0 Å². The molecule has 0 aromatic heterocycles. The summed E-state index contributed by atoms with van der Waals surface area (Å²) in [6, 6.07) is 10.7. The summed E-state index contributed by atoms with van der Waals surface area (Å²) in [5.74, 6) is 2.43. The molecule has 1 N–H and O–H groups in total. The van der Waals surface area contributed by atoms with Crippen LogP contribution < -0.4 is 5.32 Å². The molecule has 4 nitrogen and oxygen atoms in total. The molecule has 2 fully saturated rings. The molecule has 0 spiro atoms. The van der Waals surface area contributed by atoms with Crippen LogP contribution in [-0.4, -0.2) is 54.1 Å². The van der Waals surface area contributed by atoms with Crippen molar-refractivity contribution in [3.63, 3.8) is 0 Å². The fourth-order valence-corrected chi connectivity index (χ4v) is 4.00. The highest BCUT2D eigenvalue weighted by Crippen LogP contribution is 2.25. The Bertz CT molecular complexity index is 497. The number of morpholine rings is 1. The van der Waals surface area contributed by atoms with E-state index in [0.29, 0.717) is 25.6 Å². The lowest BCUT2D eigenvalue weighted by atomic mass is 10.1. The van der Waals surface area contributed by atoms with Gasteiger partial charge in [0, 0.05) is 30.5 Å². The monoisotopic (exact) mass is 356 g/mol. The molecule has 1 aromatic rings. The Hall–Kier alpha value is -0.750. The van der Waals surface area contributed by atoms with Crippen LogP contribution >= 0.6 is 24.2 Å². The van der Waals surface area contributed by atoms with Gasteiger partial charge < -0.3 is 15.0 Å². The molecule has 2 heterocycles. The number of ether oxygens (including phenoxy) is 1. The first-order valence-corrected chi connectivity index (χ1v) is 9.16. The highest BCUT2D eigenvalue weighted by molar-refractivity contribution is 7.99. The Kier molecular flexibility index (Phi) is 7.21. The van der Waals surface area contributed by atoms with Gasteiger partial charge in [-0.15, -0.1) is 12.4 Å². The Labute approximate surface area is 148 Å². The van der Waals surface area contributed by atoms with Crippen LogP contribution in [-0.2, 0) is 9.53 Å². The van der Waals surface area contributed by atoms with Gasteiger partial charge >= 0.3 is 0 Å². The SMILES string of the molecule is CC1COC(c2ccccc2)CN1C(=O)CC1CSCCN1.Cl. The molecule has 2 saturated heterocycles. The maximum atomic E-state index is 12.7. The summed E-state index contributed by atoms with van der Waals surface area (Å²) in [5, 5.41) is 3.45. The molecule has 0 saturated carbocycles. The van der Waals surface area contributed by atoms with Gasteiger partial charge in [0.15, 0.2) is 0 Å². The van der Waals surface area contributed by atoms with E-state index in [9.17, 15) is 4.79 Å². The molecule has 6 heteroatoms. The molecule has 0 aliphatic carbocycles. The molecular formula is C17H25ClN2O2S. The van der Waals surface area contributed by atoms with Gasteiger partial charge in [0.05, 0.1) is 19.2 Å². The number of hydrogen-bond acceptors (Lipinski definition) is 4. The second-order valence-electron chi connectivity index (χ2n) is 6.06. The number of benzene rings is 1. The number of rotatable bonds is 3. The standard InChI is InChI=1S/C17H24N2O2S.ClH/c1-13-11-21-16(14-5-3-2-4-6-14)10-19(13)17(20)9-15-12-22-8-7-18-15;/h2-6,13,15-16,18H,7-12H2,1H3;1H. The zero-order chi connectivity index (χ0) is 15.4. The summed E-state index contributed by atoms with van der Waals surface area (Å²) in [6.45, 7) is 4.35. The topological polar surface area (TPSA) is 41.6 Å². The maximum absolute atomic E-state index is 12.7. The minimum Gasteiger partial charge on any atom is -0.370 e. The van der Waals surface area contributed by atoms with Gasteiger partial charge in [0.2, 0.25) is 5.91 Å². The van der Waals surface area contributed by atoms with E-state index in [1.807, 2.05) is 34.9 Å². The molecule has 0 radical (unpaired) electrons. The lowest BCUT2D eigenvalue weighted by Gasteiger charge is -2.39. The van der Waals surface area contributed by atoms with Crippen molar-refractivity contribution in [2.45, 2.75) is 31.5 Å². The summed E-state index contributed by atoms with van der Waals surface area (Å²) in [7, 11) is 0. The fraction of sp³-hybridized carbons (Fsp3) is 0.588. The van der Waals surface area contributed by atoms with Crippen molar-refractivity contribution in [2.75, 3.05) is 31.2 Å². The molecule has 1 aromatic carbocycles. The summed E-state index contributed by atoms with van der Waals surface area (Å²) < 4.78 is 5.93. The first kappa shape index (κ1) is 18.6. The molecule has 3 unspecified atom stereocenters. The van der Waals surface area contributed by atoms with Gasteiger partial charge in [-0.1, -0.05) is 30.3 Å². The quantitative estimate of drug-likeness (QED) is 0.903. The number of carbonyl (C=O) groups is 1. The first-order valence-electron chi connectivity index (χ1n) is 8.01. The van der Waals surface area contributed by atoms with E-state index in [1.165, 1.54) is 0 Å². The Morgan fingerprint density at radius 3 is 2.87 bits per heavy atom. The van der Waals surface area contributed by atoms with Gasteiger partial charge in [0.1, 0.15) is 6.10 Å². The molecule has 2 aliphatic heterocycles. The number of thioether (sulfide) groups is 1. The van der Waals surface area contributed by atoms with Crippen molar-refractivity contribution < 1.29 is 9.53 Å². The molecule has 128 valence electrons. The predicted octanol–water partition coefficient (Wildman–Crippen LogP) is 2.49. The van der Waals surface area contributed by atoms with Gasteiger partial charge in [-0.25, -0.2) is 0 Å². The number of hydrogen-bond donors (Lipinski definition) is 1. The van der Waals surface area contributed by atoms with E-state index in [-0.39, 0.29) is 30.5 Å². The molecule has 1 amide bonds. The maximum Gasteiger partial charge on any atom is 0.224 e. The smallest absolute Gasteiger partial charge is 0.224 e. The van der Waals surface area contributed by atoms with Crippen LogP contribution in [0.15, 0.2) is 30.3 Å². The Morgan fingerprint density at radius 2 is 2.17 bits per heavy atom. The van der Waals surface area contributed by atoms with E-state index in [1.54, 1.807) is 0 Å². The second-order valence-corrected chi connectivity index (χ2v) is 7.21. The van der Waals surface area contributed by atoms with Crippen LogP contribution in [0.5, 0.6) is 0 Å². The predicted molar refractivity (Wildman–Crippen MR) is 97.3 cm³/mol. The van der Waals surface area contributed by atoms with Crippen LogP contribution in [0.4, 0.5) is 0 Å². The van der Waals surface area contributed by atoms with E-state index in [0.717, 1.165) is 23.6 Å². The molecule has 0 bridgehead atoms. The average Bonchev–Trinajstić information content (AvgIpc) is 2.57. The first-order chi connectivity index (χ1) is 10.7. The third-order valence-corrected chi connectivity index (χ3v) is 5.48. The Morgan fingerprint density at radius 1 is 1.39 bits per heavy atom. The molecule has 3 atom stereocenters. The van der Waals surface area contributed by atoms with E-state index < -0.39 is 0 Å². The van der Waals surface area contributed by atoms with Crippen molar-refractivity contribution in [3.05, 3.63) is 35.9 Å². The molecule has 3 rings (SSSR count). The lowest BCUT2D eigenvalue weighted by Crippen LogP contribution is -2.50. The minimum absolute atomic E-state index is 0. The summed E-state index contributed by atoms with van der Waals surface area (Å²) in [4.78, 5) is 14.7. The van der Waals surface area contributed by atoms with Crippen molar-refractivity contribution in [1.82, 2.24) is 10.2 Å². The third kappa shape index (κ3) is 4.86. The summed E-state index contributed by atoms with van der Waals surface area (Å²) in [5.41, 5.74) is 1.15. The largest absolute Gasteiger partial charge is 0.370 e. The van der Waals surface area contributed by atoms with Crippen LogP contribution in [0.25, 0.3) is 0 Å². The van der Waals surface area contributed by atoms with Crippen LogP contribution in [0.2, 0.25) is 0 Å². The second kappa shape index (κ2) is 8.92. The molecule has 2 aliphatic rings. The zero-order valence-corrected chi connectivity index (χ0v) is 15.1. The lowest BCUT2D eigenvalue weighted by molar-refractivity contribution is -0.144. The highest BCUT2D eigenvalue weighted by atomic mass is 35.5. The van der Waals surface area contributed by atoms with Crippen LogP contribution in [0.1, 0.15) is 25.0 Å². The Balaban J connectivity index is 0.00000192. The average molecular weight is 357 g/mol. The minimum atomic E-state index is -0.00459. The zero-order valence-electron chi connectivity index (χ0n) is 13.4. The highest BCUT2D eigenvalue weighted by Gasteiger charge is 2.31. The number of halogens is 1. The molecule has 23 heavy (non-hydrogen) atoms. The molecular weight excluding hydrogens is 332 g/mol. The van der Waals surface area contributed by atoms with Gasteiger partial charge in [-0.05, 0) is 12.5 Å². The van der Waals surface area contributed by atoms with Crippen molar-refractivity contribution in [2.24, 2.45) is 0 Å². The summed E-state index contributed by atoms with van der Waals surface area (Å²) >= 11 is 1.93. The van der Waals surface area contributed by atoms with E-state index in [4.69, 9.17) is 4.74 Å². The van der Waals surface area contributed by atoms with E-state index >= 15 is 0 Å². The van der Waals surface area contributed by atoms with Crippen molar-refractivity contribution >= 4 is 30.1 Å². The number of carbonyl (C=O) groups excluding carboxylic acids is 1. The number of amides is 1. The van der Waals surface area contributed by atoms with E-state index in [2.05, 4.69) is 24.4 Å². The van der Waals surface area contributed by atoms with Gasteiger partial charge in [0.25, 0.3) is 0 Å². The third-order valence-electron chi connectivity index (χ3n) is 4.34. The number of nitrogens with zero attached hydrogens (tertiary/aromatic N) is 1. The van der Waals surface area contributed by atoms with Crippen molar-refractivity contribution in [3.8, 4) is 0 Å². The van der Waals surface area contributed by atoms with Gasteiger partial charge in [-0.2, -0.15) is 11.8 Å². The normalized spacial score (nSPS) is 28.0. The van der Waals surface area contributed by atoms with Crippen LogP contribution in [0, 0.1) is 0 Å². The van der Waals surface area contributed by atoms with Crippen LogP contribution in [0.3, 0.4) is 0 Å². The van der Waals surface area contributed by atoms with Gasteiger partial charge in [-0.3, -0.25) is 4.79 Å². The number of nitrogens with one attached hydrogen (secondary N) is 1.